The van der Waals surface area contributed by atoms with E-state index in [1.165, 1.54) is 6.07 Å². The monoisotopic (exact) mass is 322 g/mol. The van der Waals surface area contributed by atoms with Gasteiger partial charge in [-0.25, -0.2) is 0 Å². The second-order valence-electron chi connectivity index (χ2n) is 5.76. The number of aromatic nitrogens is 1. The fourth-order valence-electron chi connectivity index (χ4n) is 3.05. The maximum absolute atomic E-state index is 12.8. The smallest absolute Gasteiger partial charge is 0.348 e. The van der Waals surface area contributed by atoms with E-state index < -0.39 is 11.7 Å². The number of fused-ring (bicyclic) bond motifs is 1. The van der Waals surface area contributed by atoms with E-state index in [2.05, 4.69) is 4.57 Å². The average Bonchev–Trinajstić information content (AvgIpc) is 2.96. The number of carbonyl (C=O) groups excluding carboxylic acids is 1. The molecule has 0 saturated heterocycles. The van der Waals surface area contributed by atoms with Gasteiger partial charge in [-0.15, -0.1) is 0 Å². The minimum absolute atomic E-state index is 0.0189. The van der Waals surface area contributed by atoms with Crippen molar-refractivity contribution >= 4 is 5.91 Å². The normalized spacial score (nSPS) is 17.9. The molecule has 1 aromatic heterocycles. The molecule has 2 aromatic rings. The summed E-state index contributed by atoms with van der Waals surface area (Å²) in [5.74, 6) is -0.149. The predicted octanol–water partition coefficient (Wildman–Crippen LogP) is 3.65. The topological polar surface area (TPSA) is 25.2 Å². The summed E-state index contributed by atoms with van der Waals surface area (Å²) in [4.78, 5) is 14.2. The molecule has 0 spiro atoms. The van der Waals surface area contributed by atoms with E-state index in [9.17, 15) is 18.0 Å². The van der Waals surface area contributed by atoms with Crippen molar-refractivity contribution in [2.45, 2.75) is 32.1 Å². The van der Waals surface area contributed by atoms with Gasteiger partial charge < -0.3 is 9.47 Å². The summed E-state index contributed by atoms with van der Waals surface area (Å²) in [5, 5.41) is 0. The van der Waals surface area contributed by atoms with Crippen molar-refractivity contribution in [3.8, 4) is 0 Å². The number of hydrogen-bond donors (Lipinski definition) is 0. The van der Waals surface area contributed by atoms with Gasteiger partial charge in [0.05, 0.1) is 18.0 Å². The van der Waals surface area contributed by atoms with Gasteiger partial charge in [0.25, 0.3) is 0 Å². The first-order valence-corrected chi connectivity index (χ1v) is 7.47. The molecule has 3 nitrogen and oxygen atoms in total. The van der Waals surface area contributed by atoms with Gasteiger partial charge in [-0.3, -0.25) is 4.79 Å². The highest BCUT2D eigenvalue weighted by Gasteiger charge is 2.31. The molecule has 1 aromatic carbocycles. The van der Waals surface area contributed by atoms with Crippen molar-refractivity contribution < 1.29 is 18.0 Å². The van der Waals surface area contributed by atoms with E-state index >= 15 is 0 Å². The number of alkyl halides is 3. The molecular formula is C17H17F3N2O. The standard InChI is InChI=1S/C17H17F3N2O/c1-12-15-6-3-7-21(15)8-9-22(12)16(23)11-13-4-2-5-14(10-13)17(18,19)20/h2-7,10,12H,8-9,11H2,1H3. The molecule has 6 heteroatoms. The molecule has 1 unspecified atom stereocenters. The number of rotatable bonds is 2. The molecule has 0 bridgehead atoms. The highest BCUT2D eigenvalue weighted by atomic mass is 19.4. The van der Waals surface area contributed by atoms with Crippen LogP contribution in [-0.2, 0) is 23.9 Å². The molecule has 0 fully saturated rings. The van der Waals surface area contributed by atoms with Crippen LogP contribution in [0.1, 0.15) is 29.8 Å². The zero-order chi connectivity index (χ0) is 16.6. The first kappa shape index (κ1) is 15.6. The largest absolute Gasteiger partial charge is 0.416 e. The van der Waals surface area contributed by atoms with E-state index in [4.69, 9.17) is 0 Å². The highest BCUT2D eigenvalue weighted by molar-refractivity contribution is 5.79. The van der Waals surface area contributed by atoms with Gasteiger partial charge in [-0.05, 0) is 30.7 Å². The van der Waals surface area contributed by atoms with E-state index in [0.717, 1.165) is 17.8 Å². The Morgan fingerprint density at radius 3 is 2.74 bits per heavy atom. The van der Waals surface area contributed by atoms with Crippen LogP contribution in [0.2, 0.25) is 0 Å². The van der Waals surface area contributed by atoms with Crippen molar-refractivity contribution in [3.05, 3.63) is 59.4 Å². The number of nitrogens with zero attached hydrogens (tertiary/aromatic N) is 2. The van der Waals surface area contributed by atoms with E-state index in [-0.39, 0.29) is 18.4 Å². The number of benzene rings is 1. The van der Waals surface area contributed by atoms with Crippen LogP contribution in [-0.4, -0.2) is 21.9 Å². The van der Waals surface area contributed by atoms with Crippen LogP contribution in [0.25, 0.3) is 0 Å². The SMILES string of the molecule is CC1c2cccn2CCN1C(=O)Cc1cccc(C(F)(F)F)c1. The lowest BCUT2D eigenvalue weighted by Crippen LogP contribution is -2.41. The van der Waals surface area contributed by atoms with Crippen LogP contribution in [0.4, 0.5) is 13.2 Å². The lowest BCUT2D eigenvalue weighted by molar-refractivity contribution is -0.138. The van der Waals surface area contributed by atoms with Gasteiger partial charge in [0.1, 0.15) is 0 Å². The third-order valence-corrected chi connectivity index (χ3v) is 4.27. The van der Waals surface area contributed by atoms with Gasteiger partial charge in [0.15, 0.2) is 0 Å². The Hall–Kier alpha value is -2.24. The van der Waals surface area contributed by atoms with Gasteiger partial charge in [-0.2, -0.15) is 13.2 Å². The van der Waals surface area contributed by atoms with Gasteiger partial charge >= 0.3 is 6.18 Å². The molecule has 1 aliphatic heterocycles. The second kappa shape index (κ2) is 5.76. The van der Waals surface area contributed by atoms with E-state index in [0.29, 0.717) is 18.7 Å². The fraction of sp³-hybridized carbons (Fsp3) is 0.353. The molecule has 0 N–H and O–H groups in total. The van der Waals surface area contributed by atoms with Crippen LogP contribution in [0.3, 0.4) is 0 Å². The summed E-state index contributed by atoms with van der Waals surface area (Å²) >= 11 is 0. The molecule has 23 heavy (non-hydrogen) atoms. The number of halogens is 3. The van der Waals surface area contributed by atoms with Crippen LogP contribution < -0.4 is 0 Å². The first-order chi connectivity index (χ1) is 10.9. The molecule has 2 heterocycles. The Morgan fingerprint density at radius 2 is 2.00 bits per heavy atom. The highest BCUT2D eigenvalue weighted by Crippen LogP contribution is 2.30. The Morgan fingerprint density at radius 1 is 1.22 bits per heavy atom. The lowest BCUT2D eigenvalue weighted by atomic mass is 10.1. The molecule has 0 saturated carbocycles. The molecule has 1 amide bonds. The lowest BCUT2D eigenvalue weighted by Gasteiger charge is -2.35. The maximum atomic E-state index is 12.8. The summed E-state index contributed by atoms with van der Waals surface area (Å²) in [6, 6.07) is 8.80. The van der Waals surface area contributed by atoms with Crippen molar-refractivity contribution in [3.63, 3.8) is 0 Å². The van der Waals surface area contributed by atoms with Crippen molar-refractivity contribution in [2.24, 2.45) is 0 Å². The second-order valence-corrected chi connectivity index (χ2v) is 5.76. The molecule has 1 aliphatic rings. The summed E-state index contributed by atoms with van der Waals surface area (Å²) in [7, 11) is 0. The van der Waals surface area contributed by atoms with Crippen molar-refractivity contribution in [1.82, 2.24) is 9.47 Å². The number of amides is 1. The Bertz CT molecular complexity index is 721. The Labute approximate surface area is 132 Å². The predicted molar refractivity (Wildman–Crippen MR) is 79.7 cm³/mol. The molecule has 3 rings (SSSR count). The third-order valence-electron chi connectivity index (χ3n) is 4.27. The minimum Gasteiger partial charge on any atom is -0.348 e. The summed E-state index contributed by atoms with van der Waals surface area (Å²) < 4.78 is 40.4. The molecule has 1 atom stereocenters. The van der Waals surface area contributed by atoms with Crippen molar-refractivity contribution in [2.75, 3.05) is 6.54 Å². The van der Waals surface area contributed by atoms with Gasteiger partial charge in [-0.1, -0.05) is 18.2 Å². The Kier molecular flexibility index (Phi) is 3.92. The zero-order valence-corrected chi connectivity index (χ0v) is 12.7. The maximum Gasteiger partial charge on any atom is 0.416 e. The van der Waals surface area contributed by atoms with Crippen LogP contribution in [0.5, 0.6) is 0 Å². The van der Waals surface area contributed by atoms with Crippen LogP contribution in [0, 0.1) is 0 Å². The zero-order valence-electron chi connectivity index (χ0n) is 12.7. The summed E-state index contributed by atoms with van der Waals surface area (Å²) in [6.07, 6.45) is -2.44. The molecular weight excluding hydrogens is 305 g/mol. The van der Waals surface area contributed by atoms with Crippen LogP contribution >= 0.6 is 0 Å². The third kappa shape index (κ3) is 3.11. The fourth-order valence-corrected chi connectivity index (χ4v) is 3.05. The summed E-state index contributed by atoms with van der Waals surface area (Å²) in [6.45, 7) is 3.22. The summed E-state index contributed by atoms with van der Waals surface area (Å²) in [5.41, 5.74) is 0.718. The number of carbonyl (C=O) groups is 1. The van der Waals surface area contributed by atoms with E-state index in [1.807, 2.05) is 25.3 Å². The van der Waals surface area contributed by atoms with Crippen LogP contribution in [0.15, 0.2) is 42.6 Å². The van der Waals surface area contributed by atoms with Gasteiger partial charge in [0, 0.05) is 25.0 Å². The molecule has 0 radical (unpaired) electrons. The quantitative estimate of drug-likeness (QED) is 0.828. The first-order valence-electron chi connectivity index (χ1n) is 7.47. The number of hydrogen-bond acceptors (Lipinski definition) is 1. The van der Waals surface area contributed by atoms with Crippen molar-refractivity contribution in [1.29, 1.82) is 0 Å². The van der Waals surface area contributed by atoms with Gasteiger partial charge in [0.2, 0.25) is 5.91 Å². The average molecular weight is 322 g/mol. The molecule has 0 aliphatic carbocycles. The minimum atomic E-state index is -4.39. The van der Waals surface area contributed by atoms with E-state index in [1.54, 1.807) is 11.0 Å². The molecule has 122 valence electrons. The Balaban J connectivity index is 1.75.